The van der Waals surface area contributed by atoms with Gasteiger partial charge in [-0.15, -0.1) is 0 Å². The van der Waals surface area contributed by atoms with Crippen molar-refractivity contribution in [3.8, 4) is 0 Å². The van der Waals surface area contributed by atoms with Gasteiger partial charge in [-0.1, -0.05) is 80.1 Å². The highest BCUT2D eigenvalue weighted by Gasteiger charge is 2.35. The zero-order valence-electron chi connectivity index (χ0n) is 19.6. The van der Waals surface area contributed by atoms with Gasteiger partial charge in [0.2, 0.25) is 0 Å². The van der Waals surface area contributed by atoms with E-state index in [0.29, 0.717) is 0 Å². The molecule has 0 aromatic heterocycles. The highest BCUT2D eigenvalue weighted by molar-refractivity contribution is 7.28. The van der Waals surface area contributed by atoms with Crippen LogP contribution < -0.4 is 0 Å². The average Bonchev–Trinajstić information content (AvgIpc) is 2.70. The van der Waals surface area contributed by atoms with E-state index in [1.807, 2.05) is 20.8 Å². The van der Waals surface area contributed by atoms with Crippen molar-refractivity contribution >= 4 is 23.8 Å². The van der Waals surface area contributed by atoms with Crippen molar-refractivity contribution < 1.29 is 14.4 Å². The van der Waals surface area contributed by atoms with Gasteiger partial charge in [0.25, 0.3) is 0 Å². The predicted octanol–water partition coefficient (Wildman–Crippen LogP) is 6.19. The third-order valence-electron chi connectivity index (χ3n) is 6.61. The van der Waals surface area contributed by atoms with Crippen molar-refractivity contribution in [1.82, 2.24) is 0 Å². The first-order chi connectivity index (χ1) is 13.4. The molecule has 28 heavy (non-hydrogen) atoms. The van der Waals surface area contributed by atoms with Crippen molar-refractivity contribution in [2.75, 3.05) is 0 Å². The van der Waals surface area contributed by atoms with Gasteiger partial charge in [0.15, 0.2) is 6.71 Å². The van der Waals surface area contributed by atoms with Crippen LogP contribution in [0.1, 0.15) is 119 Å². The van der Waals surface area contributed by atoms with Gasteiger partial charge in [0.05, 0.1) is 0 Å². The lowest BCUT2D eigenvalue weighted by atomic mass is 9.34. The molecular formula is C24H46BO3-. The second kappa shape index (κ2) is 15.9. The summed E-state index contributed by atoms with van der Waals surface area (Å²) < 4.78 is 0. The quantitative estimate of drug-likeness (QED) is 0.261. The van der Waals surface area contributed by atoms with Crippen LogP contribution in [0.2, 0.25) is 0 Å². The molecule has 0 aromatic rings. The molecule has 0 aliphatic carbocycles. The van der Waals surface area contributed by atoms with Crippen LogP contribution in [0.25, 0.3) is 0 Å². The van der Waals surface area contributed by atoms with Gasteiger partial charge in [0.1, 0.15) is 0 Å². The molecule has 0 aliphatic heterocycles. The topological polar surface area (TPSA) is 51.2 Å². The van der Waals surface area contributed by atoms with Crippen LogP contribution in [-0.2, 0) is 14.4 Å². The molecule has 3 nitrogen and oxygen atoms in total. The number of carbonyl (C=O) groups is 3. The molecule has 0 aliphatic rings. The average molecular weight is 393 g/mol. The minimum atomic E-state index is -2.08. The monoisotopic (exact) mass is 393 g/mol. The molecule has 3 unspecified atom stereocenters. The summed E-state index contributed by atoms with van der Waals surface area (Å²) in [5, 5.41) is 0. The highest BCUT2D eigenvalue weighted by Crippen LogP contribution is 2.24. The van der Waals surface area contributed by atoms with E-state index in [1.165, 1.54) is 0 Å². The zero-order valence-corrected chi connectivity index (χ0v) is 19.6. The molecular weight excluding hydrogens is 347 g/mol. The maximum absolute atomic E-state index is 13.4. The van der Waals surface area contributed by atoms with E-state index in [-0.39, 0.29) is 34.8 Å². The van der Waals surface area contributed by atoms with E-state index in [1.54, 1.807) is 0 Å². The van der Waals surface area contributed by atoms with E-state index in [0.717, 1.165) is 77.0 Å². The van der Waals surface area contributed by atoms with E-state index in [9.17, 15) is 14.4 Å². The molecule has 0 heterocycles. The SMILES string of the molecule is CCCCC(CC)C(=O)[BH-](C(=O)C(CC)CCCC)C(=O)C(CC)CCCC. The van der Waals surface area contributed by atoms with E-state index in [2.05, 4.69) is 20.8 Å². The van der Waals surface area contributed by atoms with Crippen molar-refractivity contribution in [3.63, 3.8) is 0 Å². The molecule has 0 N–H and O–H groups in total. The molecule has 0 amide bonds. The Morgan fingerprint density at radius 2 is 0.786 bits per heavy atom. The molecule has 4 heteroatoms. The summed E-state index contributed by atoms with van der Waals surface area (Å²) in [6.07, 6.45) is 10.7. The first kappa shape index (κ1) is 27.1. The fourth-order valence-electron chi connectivity index (χ4n) is 4.51. The predicted molar refractivity (Wildman–Crippen MR) is 122 cm³/mol. The van der Waals surface area contributed by atoms with Crippen LogP contribution in [0.4, 0.5) is 0 Å². The van der Waals surface area contributed by atoms with Gasteiger partial charge >= 0.3 is 0 Å². The molecule has 164 valence electrons. The van der Waals surface area contributed by atoms with Gasteiger partial charge in [-0.25, -0.2) is 0 Å². The Hall–Kier alpha value is -0.925. The first-order valence-corrected chi connectivity index (χ1v) is 12.2. The molecule has 0 radical (unpaired) electrons. The second-order valence-corrected chi connectivity index (χ2v) is 8.67. The lowest BCUT2D eigenvalue weighted by Gasteiger charge is -2.32. The summed E-state index contributed by atoms with van der Waals surface area (Å²) in [7, 11) is 0. The Bertz CT molecular complexity index is 394. The molecule has 0 fully saturated rings. The normalized spacial score (nSPS) is 15.6. The largest absolute Gasteiger partial charge is 0.345 e. The van der Waals surface area contributed by atoms with Crippen LogP contribution in [0.5, 0.6) is 0 Å². The lowest BCUT2D eigenvalue weighted by molar-refractivity contribution is -0.123. The maximum atomic E-state index is 13.4. The second-order valence-electron chi connectivity index (χ2n) is 8.67. The van der Waals surface area contributed by atoms with Gasteiger partial charge in [-0.2, -0.15) is 0 Å². The number of carbonyl (C=O) groups excluding carboxylic acids is 3. The van der Waals surface area contributed by atoms with Crippen LogP contribution >= 0.6 is 0 Å². The van der Waals surface area contributed by atoms with Crippen molar-refractivity contribution in [3.05, 3.63) is 0 Å². The summed E-state index contributed by atoms with van der Waals surface area (Å²) in [6.45, 7) is 10.3. The molecule has 0 aromatic carbocycles. The zero-order chi connectivity index (χ0) is 21.5. The molecule has 3 atom stereocenters. The minimum Gasteiger partial charge on any atom is -0.345 e. The van der Waals surface area contributed by atoms with Crippen LogP contribution in [0.3, 0.4) is 0 Å². The van der Waals surface area contributed by atoms with Crippen LogP contribution in [-0.4, -0.2) is 23.8 Å². The maximum Gasteiger partial charge on any atom is 0.193 e. The summed E-state index contributed by atoms with van der Waals surface area (Å²) >= 11 is 0. The fourth-order valence-corrected chi connectivity index (χ4v) is 4.51. The standard InChI is InChI=1S/C24H46BO3/c1-7-13-16-19(10-4)22(26)25(23(27)20(11-5)17-14-8-2)24(28)21(12-6)18-15-9-3/h19-21,25H,7-18H2,1-6H3/q-1. The summed E-state index contributed by atoms with van der Waals surface area (Å²) in [5.74, 6) is -0.374. The third-order valence-corrected chi connectivity index (χ3v) is 6.61. The molecule has 0 saturated heterocycles. The summed E-state index contributed by atoms with van der Waals surface area (Å²) in [6, 6.07) is 0. The molecule has 0 saturated carbocycles. The van der Waals surface area contributed by atoms with Gasteiger partial charge in [-0.3, -0.25) is 0 Å². The third kappa shape index (κ3) is 8.61. The Labute approximate surface area is 174 Å². The van der Waals surface area contributed by atoms with E-state index in [4.69, 9.17) is 0 Å². The van der Waals surface area contributed by atoms with Crippen LogP contribution in [0.15, 0.2) is 0 Å². The van der Waals surface area contributed by atoms with Crippen LogP contribution in [0, 0.1) is 17.8 Å². The number of hydrogen-bond donors (Lipinski definition) is 0. The van der Waals surface area contributed by atoms with E-state index >= 15 is 0 Å². The first-order valence-electron chi connectivity index (χ1n) is 12.2. The van der Waals surface area contributed by atoms with Crippen molar-refractivity contribution in [2.45, 2.75) is 119 Å². The van der Waals surface area contributed by atoms with Gasteiger partial charge < -0.3 is 14.4 Å². The van der Waals surface area contributed by atoms with Gasteiger partial charge in [0, 0.05) is 0 Å². The van der Waals surface area contributed by atoms with E-state index < -0.39 is 6.71 Å². The van der Waals surface area contributed by atoms with Crippen molar-refractivity contribution in [1.29, 1.82) is 0 Å². The smallest absolute Gasteiger partial charge is 0.193 e. The highest BCUT2D eigenvalue weighted by atomic mass is 16.2. The molecule has 0 spiro atoms. The Kier molecular flexibility index (Phi) is 15.4. The van der Waals surface area contributed by atoms with Crippen molar-refractivity contribution in [2.24, 2.45) is 17.8 Å². The summed E-state index contributed by atoms with van der Waals surface area (Å²) in [5.41, 5.74) is -0.0115. The Balaban J connectivity index is 5.75. The molecule has 0 rings (SSSR count). The van der Waals surface area contributed by atoms with Gasteiger partial charge in [-0.05, 0) is 73.3 Å². The summed E-state index contributed by atoms with van der Waals surface area (Å²) in [4.78, 5) is 40.3. The minimum absolute atomic E-state index is 0.00385. The Morgan fingerprint density at radius 3 is 0.964 bits per heavy atom. The number of unbranched alkanes of at least 4 members (excludes halogenated alkanes) is 3. The number of rotatable bonds is 18. The Morgan fingerprint density at radius 1 is 0.536 bits per heavy atom. The lowest BCUT2D eigenvalue weighted by Crippen LogP contribution is -2.51. The number of hydrogen-bond acceptors (Lipinski definition) is 3. The molecule has 0 bridgehead atoms. The fraction of sp³-hybridized carbons (Fsp3) is 0.875.